The molecule has 5 heterocycles. The monoisotopic (exact) mass is 898 g/mol. The van der Waals surface area contributed by atoms with Crippen molar-refractivity contribution in [1.29, 1.82) is 0 Å². The molecule has 0 fully saturated rings. The van der Waals surface area contributed by atoms with Crippen LogP contribution in [0.15, 0.2) is 48.5 Å². The fraction of sp³-hybridized carbons (Fsp3) is 0.333. The van der Waals surface area contributed by atoms with Gasteiger partial charge in [0.1, 0.15) is 22.6 Å². The summed E-state index contributed by atoms with van der Waals surface area (Å²) < 4.78 is 51.5. The van der Waals surface area contributed by atoms with Gasteiger partial charge in [-0.2, -0.15) is 0 Å². The van der Waals surface area contributed by atoms with Crippen molar-refractivity contribution < 1.29 is 37.9 Å². The molecule has 0 radical (unpaired) electrons. The van der Waals surface area contributed by atoms with Gasteiger partial charge in [0.15, 0.2) is 46.3 Å². The van der Waals surface area contributed by atoms with E-state index < -0.39 is 0 Å². The Balaban J connectivity index is 0.00000576. The van der Waals surface area contributed by atoms with E-state index in [2.05, 4.69) is 9.97 Å². The first-order valence-electron chi connectivity index (χ1n) is 21.9. The third-order valence-corrected chi connectivity index (χ3v) is 10.5. The molecule has 0 atom stereocenters. The Morgan fingerprint density at radius 1 is 0.338 bits per heavy atom. The smallest absolute Gasteiger partial charge is 0.208 e. The number of H-pyrrole nitrogens is 2. The van der Waals surface area contributed by atoms with Crippen LogP contribution in [-0.4, -0.2) is 104 Å². The van der Waals surface area contributed by atoms with Crippen molar-refractivity contribution in [2.45, 2.75) is 55.4 Å². The van der Waals surface area contributed by atoms with Crippen LogP contribution in [0.25, 0.3) is 89.7 Å². The highest BCUT2D eigenvalue weighted by Gasteiger charge is 2.37. The Hall–Kier alpha value is -7.14. The Morgan fingerprint density at radius 3 is 1.05 bits per heavy atom. The predicted octanol–water partition coefficient (Wildman–Crippen LogP) is 8.61. The van der Waals surface area contributed by atoms with Crippen LogP contribution in [-0.2, 0) is 0 Å². The van der Waals surface area contributed by atoms with Crippen LogP contribution in [0, 0.1) is 0 Å². The standard InChI is InChI=1S/C48H50N8O8.H4Si/c1-9-57-33-29-31(35(59-11-3)39(63-15-7)37(33)61-13-5)47-54-45(29)52-43-27-23-19-17-21-25(27)41(50-43)49-42-26-22-18-20-24-28(26)44(51-42)53-46-30-32(48(55-46)56-47)36(60-12-4)40(64-16-8)38(62-14-6)34(30)58-10-2;/h17-24H,9-16H2,1-8H3,(H2,49,50,51,52,53,54,55,56);1H4. The minimum Gasteiger partial charge on any atom is -0.489 e. The molecule has 17 heteroatoms. The van der Waals surface area contributed by atoms with E-state index in [0.29, 0.717) is 161 Å². The lowest BCUT2D eigenvalue weighted by Crippen LogP contribution is -2.07. The number of aromatic nitrogens is 8. The van der Waals surface area contributed by atoms with E-state index in [1.807, 2.05) is 104 Å². The summed E-state index contributed by atoms with van der Waals surface area (Å²) >= 11 is 0. The number of hydrogen-bond acceptors (Lipinski definition) is 14. The van der Waals surface area contributed by atoms with Gasteiger partial charge in [-0.15, -0.1) is 0 Å². The zero-order chi connectivity index (χ0) is 44.5. The number of aromatic amines is 2. The largest absolute Gasteiger partial charge is 0.489 e. The fourth-order valence-electron chi connectivity index (χ4n) is 8.22. The Morgan fingerprint density at radius 2 is 0.631 bits per heavy atom. The topological polar surface area (TPSA) is 183 Å². The van der Waals surface area contributed by atoms with E-state index >= 15 is 0 Å². The molecule has 9 rings (SSSR count). The molecule has 7 aromatic rings. The van der Waals surface area contributed by atoms with Gasteiger partial charge < -0.3 is 47.9 Å². The first-order chi connectivity index (χ1) is 31.4. The quantitative estimate of drug-likeness (QED) is 0.0879. The van der Waals surface area contributed by atoms with Crippen molar-refractivity contribution in [3.05, 3.63) is 48.5 Å². The minimum atomic E-state index is 0. The third kappa shape index (κ3) is 7.52. The van der Waals surface area contributed by atoms with E-state index in [9.17, 15) is 0 Å². The molecule has 16 nitrogen and oxygen atoms in total. The lowest BCUT2D eigenvalue weighted by atomic mass is 10.0. The molecule has 338 valence electrons. The Kier molecular flexibility index (Phi) is 12.9. The fourth-order valence-corrected chi connectivity index (χ4v) is 8.22. The SMILES string of the molecule is CCOc1c(OCC)c(OCC)c2c(c1OCC)-c1nc-2nc2[nH]c(nc3nc(nc4[nH]c(n1)c1ccccc41)-c1ccccc1-3)c1c(OCC)c(OCC)c(OCC)c(OCC)c21.[SiH4]. The summed E-state index contributed by atoms with van der Waals surface area (Å²) in [5.41, 5.74) is 4.39. The second-order valence-electron chi connectivity index (χ2n) is 14.3. The number of benzene rings is 4. The van der Waals surface area contributed by atoms with Crippen molar-refractivity contribution in [1.82, 2.24) is 39.9 Å². The molecule has 0 amide bonds. The zero-order valence-corrected chi connectivity index (χ0v) is 37.2. The summed E-state index contributed by atoms with van der Waals surface area (Å²) in [6.07, 6.45) is 0. The van der Waals surface area contributed by atoms with Crippen LogP contribution in [0.1, 0.15) is 55.4 Å². The average molecular weight is 899 g/mol. The maximum absolute atomic E-state index is 6.52. The van der Waals surface area contributed by atoms with Crippen LogP contribution in [0.3, 0.4) is 0 Å². The minimum absolute atomic E-state index is 0. The predicted molar refractivity (Wildman–Crippen MR) is 257 cm³/mol. The van der Waals surface area contributed by atoms with Crippen LogP contribution >= 0.6 is 0 Å². The molecule has 0 saturated heterocycles. The first-order valence-corrected chi connectivity index (χ1v) is 21.9. The first kappa shape index (κ1) is 44.5. The van der Waals surface area contributed by atoms with Crippen LogP contribution < -0.4 is 37.9 Å². The van der Waals surface area contributed by atoms with Crippen LogP contribution in [0.5, 0.6) is 46.0 Å². The van der Waals surface area contributed by atoms with Gasteiger partial charge in [0.25, 0.3) is 0 Å². The summed E-state index contributed by atoms with van der Waals surface area (Å²) in [7, 11) is 0. The molecule has 4 aromatic carbocycles. The summed E-state index contributed by atoms with van der Waals surface area (Å²) in [6.45, 7) is 17.7. The van der Waals surface area contributed by atoms with Crippen molar-refractivity contribution in [2.24, 2.45) is 0 Å². The molecule has 0 saturated carbocycles. The van der Waals surface area contributed by atoms with Gasteiger partial charge in [-0.25, -0.2) is 29.9 Å². The molecule has 2 N–H and O–H groups in total. The molecule has 0 unspecified atom stereocenters. The third-order valence-electron chi connectivity index (χ3n) is 10.5. The van der Waals surface area contributed by atoms with Crippen LogP contribution in [0.2, 0.25) is 0 Å². The van der Waals surface area contributed by atoms with Crippen molar-refractivity contribution in [2.75, 3.05) is 52.9 Å². The normalized spacial score (nSPS) is 11.4. The van der Waals surface area contributed by atoms with Gasteiger partial charge in [0.05, 0.1) is 74.8 Å². The molecule has 0 aliphatic carbocycles. The summed E-state index contributed by atoms with van der Waals surface area (Å²) in [5.74, 6) is 4.46. The molecule has 2 aliphatic rings. The highest BCUT2D eigenvalue weighted by atomic mass is 28.1. The maximum Gasteiger partial charge on any atom is 0.208 e. The average Bonchev–Trinajstić information content (AvgIpc) is 4.04. The molecule has 8 bridgehead atoms. The van der Waals surface area contributed by atoms with E-state index in [0.717, 1.165) is 21.9 Å². The van der Waals surface area contributed by atoms with Gasteiger partial charge in [0, 0.05) is 21.9 Å². The van der Waals surface area contributed by atoms with Gasteiger partial charge >= 0.3 is 0 Å². The van der Waals surface area contributed by atoms with Gasteiger partial charge in [0.2, 0.25) is 23.0 Å². The molecule has 65 heavy (non-hydrogen) atoms. The maximum atomic E-state index is 6.52. The van der Waals surface area contributed by atoms with E-state index in [4.69, 9.17) is 67.8 Å². The number of rotatable bonds is 16. The second-order valence-corrected chi connectivity index (χ2v) is 14.3. The van der Waals surface area contributed by atoms with Crippen molar-refractivity contribution in [3.8, 4) is 91.5 Å². The lowest BCUT2D eigenvalue weighted by Gasteiger charge is -2.22. The summed E-state index contributed by atoms with van der Waals surface area (Å²) in [6, 6.07) is 15.8. The summed E-state index contributed by atoms with van der Waals surface area (Å²) in [4.78, 5) is 38.5. The van der Waals surface area contributed by atoms with Gasteiger partial charge in [-0.05, 0) is 66.4 Å². The Labute approximate surface area is 380 Å². The van der Waals surface area contributed by atoms with E-state index in [-0.39, 0.29) is 16.8 Å². The molecule has 0 spiro atoms. The van der Waals surface area contributed by atoms with E-state index in [1.54, 1.807) is 0 Å². The van der Waals surface area contributed by atoms with Crippen molar-refractivity contribution in [3.63, 3.8) is 0 Å². The van der Waals surface area contributed by atoms with Gasteiger partial charge in [-0.1, -0.05) is 48.5 Å². The van der Waals surface area contributed by atoms with E-state index in [1.165, 1.54) is 0 Å². The molecule has 3 aromatic heterocycles. The molecule has 2 aliphatic heterocycles. The Bertz CT molecular complexity index is 3100. The number of nitrogens with one attached hydrogen (secondary N) is 2. The number of fused-ring (bicyclic) bond motifs is 20. The highest BCUT2D eigenvalue weighted by Crippen LogP contribution is 2.59. The van der Waals surface area contributed by atoms with Crippen LogP contribution in [0.4, 0.5) is 0 Å². The molecular formula is C48H54N8O8Si. The highest BCUT2D eigenvalue weighted by molar-refractivity contribution is 6.14. The van der Waals surface area contributed by atoms with Gasteiger partial charge in [-0.3, -0.25) is 0 Å². The summed E-state index contributed by atoms with van der Waals surface area (Å²) in [5, 5.41) is 2.72. The molecular weight excluding hydrogens is 845 g/mol. The zero-order valence-electron chi connectivity index (χ0n) is 37.2. The number of ether oxygens (including phenoxy) is 8. The number of nitrogens with zero attached hydrogens (tertiary/aromatic N) is 6. The number of hydrogen-bond donors (Lipinski definition) is 2. The second kappa shape index (κ2) is 18.9. The van der Waals surface area contributed by atoms with Crippen molar-refractivity contribution >= 4 is 55.1 Å². The lowest BCUT2D eigenvalue weighted by molar-refractivity contribution is 0.245.